The molecule has 2 aromatic rings. The van der Waals surface area contributed by atoms with Crippen LogP contribution < -0.4 is 5.73 Å². The van der Waals surface area contributed by atoms with Gasteiger partial charge in [0, 0.05) is 0 Å². The normalized spacial score (nSPS) is 33.5. The maximum absolute atomic E-state index is 11.1. The van der Waals surface area contributed by atoms with Gasteiger partial charge in [-0.1, -0.05) is 0 Å². The standard InChI is InChI=1S/C15H23N5O14P2/c16-12-7-13(18-3-17-12)20(4-19-7)14-11(9(22)6(32-14)2-31-36(27,28)29)34-15-10(23)8(21)5(33-15)1-30-35(24,25)26/h3-6,8-11,14-15,21-23H,1-2H2,(H2,16,17,18)(H2,24,25,26)(H2,27,28,29). The van der Waals surface area contributed by atoms with Crippen molar-refractivity contribution in [3.8, 4) is 0 Å². The number of phosphoric acid groups is 2. The van der Waals surface area contributed by atoms with Gasteiger partial charge in [0.05, 0.1) is 19.5 Å². The Balaban J connectivity index is 1.58. The first-order chi connectivity index (χ1) is 16.7. The first-order valence-corrected chi connectivity index (χ1v) is 13.1. The molecule has 21 heteroatoms. The third-order valence-corrected chi connectivity index (χ3v) is 6.37. The van der Waals surface area contributed by atoms with Crippen LogP contribution in [0.2, 0.25) is 0 Å². The zero-order valence-electron chi connectivity index (χ0n) is 17.9. The Kier molecular flexibility index (Phi) is 7.78. The number of nitrogens with two attached hydrogens (primary N) is 1. The van der Waals surface area contributed by atoms with E-state index in [0.29, 0.717) is 0 Å². The van der Waals surface area contributed by atoms with Gasteiger partial charge in [-0.25, -0.2) is 24.1 Å². The molecule has 8 atom stereocenters. The van der Waals surface area contributed by atoms with Crippen molar-refractivity contribution in [3.05, 3.63) is 12.7 Å². The Labute approximate surface area is 200 Å². The highest BCUT2D eigenvalue weighted by Gasteiger charge is 2.52. The number of anilines is 1. The molecule has 0 spiro atoms. The van der Waals surface area contributed by atoms with E-state index in [-0.39, 0.29) is 17.0 Å². The van der Waals surface area contributed by atoms with Gasteiger partial charge in [-0.3, -0.25) is 13.6 Å². The van der Waals surface area contributed by atoms with Crippen LogP contribution in [0.1, 0.15) is 6.23 Å². The van der Waals surface area contributed by atoms with E-state index in [1.54, 1.807) is 0 Å². The van der Waals surface area contributed by atoms with Crippen molar-refractivity contribution in [3.63, 3.8) is 0 Å². The minimum atomic E-state index is -4.93. The van der Waals surface area contributed by atoms with E-state index in [1.165, 1.54) is 10.9 Å². The molecule has 0 radical (unpaired) electrons. The molecule has 4 heterocycles. The fourth-order valence-electron chi connectivity index (χ4n) is 3.74. The lowest BCUT2D eigenvalue weighted by Gasteiger charge is -2.26. The molecule has 0 bridgehead atoms. The second-order valence-electron chi connectivity index (χ2n) is 7.84. The smallest absolute Gasteiger partial charge is 0.387 e. The first-order valence-electron chi connectivity index (χ1n) is 10.1. The number of hydrogen-bond acceptors (Lipinski definition) is 14. The molecule has 2 saturated heterocycles. The van der Waals surface area contributed by atoms with Crippen molar-refractivity contribution in [2.24, 2.45) is 0 Å². The summed E-state index contributed by atoms with van der Waals surface area (Å²) in [6, 6.07) is 0. The number of aliphatic hydroxyl groups is 3. The van der Waals surface area contributed by atoms with Crippen LogP contribution in [0.3, 0.4) is 0 Å². The highest BCUT2D eigenvalue weighted by molar-refractivity contribution is 7.46. The van der Waals surface area contributed by atoms with Crippen molar-refractivity contribution in [1.82, 2.24) is 19.5 Å². The molecule has 2 fully saturated rings. The summed E-state index contributed by atoms with van der Waals surface area (Å²) >= 11 is 0. The van der Waals surface area contributed by atoms with Crippen molar-refractivity contribution in [2.45, 2.75) is 49.1 Å². The molecule has 0 aromatic carbocycles. The molecule has 0 aliphatic carbocycles. The number of nitrogens with zero attached hydrogens (tertiary/aromatic N) is 4. The van der Waals surface area contributed by atoms with E-state index < -0.39 is 78.0 Å². The predicted octanol–water partition coefficient (Wildman–Crippen LogP) is -3.28. The summed E-state index contributed by atoms with van der Waals surface area (Å²) in [5.41, 5.74) is 6.11. The van der Waals surface area contributed by atoms with E-state index in [1.807, 2.05) is 0 Å². The van der Waals surface area contributed by atoms with Crippen LogP contribution in [0, 0.1) is 0 Å². The fraction of sp³-hybridized carbons (Fsp3) is 0.667. The predicted molar refractivity (Wildman–Crippen MR) is 111 cm³/mol. The quantitative estimate of drug-likeness (QED) is 0.140. The van der Waals surface area contributed by atoms with E-state index in [9.17, 15) is 24.4 Å². The van der Waals surface area contributed by atoms with E-state index in [4.69, 9.17) is 39.5 Å². The van der Waals surface area contributed by atoms with Crippen LogP contribution in [0.5, 0.6) is 0 Å². The minimum Gasteiger partial charge on any atom is -0.387 e. The largest absolute Gasteiger partial charge is 0.469 e. The molecule has 9 N–H and O–H groups in total. The number of aliphatic hydroxyl groups excluding tert-OH is 3. The summed E-state index contributed by atoms with van der Waals surface area (Å²) in [4.78, 5) is 47.7. The molecular weight excluding hydrogens is 536 g/mol. The lowest BCUT2D eigenvalue weighted by molar-refractivity contribution is -0.219. The third kappa shape index (κ3) is 5.90. The molecular formula is C15H23N5O14P2. The van der Waals surface area contributed by atoms with Gasteiger partial charge >= 0.3 is 15.6 Å². The van der Waals surface area contributed by atoms with Crippen LogP contribution in [-0.2, 0) is 32.4 Å². The Hall–Kier alpha value is -1.67. The third-order valence-electron chi connectivity index (χ3n) is 5.40. The Morgan fingerprint density at radius 2 is 1.53 bits per heavy atom. The highest BCUT2D eigenvalue weighted by Crippen LogP contribution is 2.41. The van der Waals surface area contributed by atoms with Gasteiger partial charge in [-0.15, -0.1) is 0 Å². The number of phosphoric ester groups is 2. The van der Waals surface area contributed by atoms with Crippen LogP contribution in [0.4, 0.5) is 5.82 Å². The van der Waals surface area contributed by atoms with Gasteiger partial charge in [-0.05, 0) is 0 Å². The van der Waals surface area contributed by atoms with E-state index >= 15 is 0 Å². The SMILES string of the molecule is Nc1ncnc2c1ncn2C1OC(COP(=O)(O)O)C(O)C1OC1OC(COP(=O)(O)O)C(O)C1O. The number of hydrogen-bond donors (Lipinski definition) is 8. The van der Waals surface area contributed by atoms with E-state index in [0.717, 1.165) is 6.33 Å². The molecule has 19 nitrogen and oxygen atoms in total. The summed E-state index contributed by atoms with van der Waals surface area (Å²) in [5.74, 6) is 0.0294. The molecule has 0 amide bonds. The second kappa shape index (κ2) is 10.2. The number of ether oxygens (including phenoxy) is 3. The van der Waals surface area contributed by atoms with Crippen LogP contribution in [0.25, 0.3) is 11.2 Å². The monoisotopic (exact) mass is 559 g/mol. The van der Waals surface area contributed by atoms with Gasteiger partial charge in [0.25, 0.3) is 0 Å². The van der Waals surface area contributed by atoms with Crippen LogP contribution in [-0.4, -0.2) is 111 Å². The maximum atomic E-state index is 11.1. The Morgan fingerprint density at radius 1 is 0.917 bits per heavy atom. The second-order valence-corrected chi connectivity index (χ2v) is 10.3. The zero-order chi connectivity index (χ0) is 26.4. The van der Waals surface area contributed by atoms with Crippen LogP contribution >= 0.6 is 15.6 Å². The summed E-state index contributed by atoms with van der Waals surface area (Å²) in [7, 11) is -9.84. The molecule has 2 aliphatic heterocycles. The Morgan fingerprint density at radius 3 is 2.14 bits per heavy atom. The number of aromatic nitrogens is 4. The van der Waals surface area contributed by atoms with Gasteiger partial charge in [-0.2, -0.15) is 0 Å². The molecule has 2 aromatic heterocycles. The number of nitrogen functional groups attached to an aromatic ring is 1. The summed E-state index contributed by atoms with van der Waals surface area (Å²) in [6.07, 6.45) is -9.83. The summed E-state index contributed by atoms with van der Waals surface area (Å²) in [6.45, 7) is -1.56. The number of imidazole rings is 1. The van der Waals surface area contributed by atoms with E-state index in [2.05, 4.69) is 24.0 Å². The lowest BCUT2D eigenvalue weighted by Crippen LogP contribution is -2.42. The van der Waals surface area contributed by atoms with Gasteiger partial charge in [0.1, 0.15) is 48.5 Å². The summed E-state index contributed by atoms with van der Waals surface area (Å²) < 4.78 is 48.8. The van der Waals surface area contributed by atoms with Gasteiger partial charge < -0.3 is 54.8 Å². The molecule has 8 unspecified atom stereocenters. The summed E-state index contributed by atoms with van der Waals surface area (Å²) in [5, 5.41) is 31.4. The number of rotatable bonds is 9. The topological polar surface area (TPSA) is 292 Å². The molecule has 202 valence electrons. The molecule has 36 heavy (non-hydrogen) atoms. The molecule has 4 rings (SSSR count). The molecule has 0 saturated carbocycles. The maximum Gasteiger partial charge on any atom is 0.469 e. The highest BCUT2D eigenvalue weighted by atomic mass is 31.2. The van der Waals surface area contributed by atoms with Crippen molar-refractivity contribution in [1.29, 1.82) is 0 Å². The van der Waals surface area contributed by atoms with Gasteiger partial charge in [0.2, 0.25) is 0 Å². The van der Waals surface area contributed by atoms with Crippen molar-refractivity contribution < 1.29 is 67.3 Å². The fourth-order valence-corrected chi connectivity index (χ4v) is 4.43. The van der Waals surface area contributed by atoms with Crippen molar-refractivity contribution >= 4 is 32.6 Å². The first kappa shape index (κ1) is 27.4. The number of fused-ring (bicyclic) bond motifs is 1. The average Bonchev–Trinajstić information content (AvgIpc) is 3.42. The zero-order valence-corrected chi connectivity index (χ0v) is 19.7. The average molecular weight is 559 g/mol. The minimum absolute atomic E-state index is 0.0294. The van der Waals surface area contributed by atoms with Crippen molar-refractivity contribution in [2.75, 3.05) is 18.9 Å². The Bertz CT molecular complexity index is 1170. The van der Waals surface area contributed by atoms with Crippen LogP contribution in [0.15, 0.2) is 12.7 Å². The molecule has 2 aliphatic rings. The lowest BCUT2D eigenvalue weighted by atomic mass is 10.1. The van der Waals surface area contributed by atoms with Gasteiger partial charge in [0.15, 0.2) is 24.0 Å².